The quantitative estimate of drug-likeness (QED) is 0.400. The van der Waals surface area contributed by atoms with Crippen molar-refractivity contribution in [3.8, 4) is 0 Å². The molecule has 0 saturated heterocycles. The Morgan fingerprint density at radius 2 is 1.68 bits per heavy atom. The molecular weight excluding hydrogens is 410 g/mol. The molecule has 0 saturated carbocycles. The second kappa shape index (κ2) is 9.49. The molecule has 0 bridgehead atoms. The molecule has 7 heteroatoms. The average molecular weight is 432 g/mol. The van der Waals surface area contributed by atoms with Crippen molar-refractivity contribution in [3.05, 3.63) is 90.0 Å². The van der Waals surface area contributed by atoms with E-state index in [1.807, 2.05) is 61.5 Å². The normalized spacial score (nSPS) is 11.8. The van der Waals surface area contributed by atoms with Gasteiger partial charge in [0.2, 0.25) is 5.91 Å². The number of nitrogens with zero attached hydrogens (tertiary/aromatic N) is 1. The van der Waals surface area contributed by atoms with Gasteiger partial charge in [-0.1, -0.05) is 66.4 Å². The molecule has 4 aromatic rings. The predicted molar refractivity (Wildman–Crippen MR) is 122 cm³/mol. The number of anilines is 1. The fraction of sp³-hybridized carbons (Fsp3) is 0.125. The molecule has 31 heavy (non-hydrogen) atoms. The van der Waals surface area contributed by atoms with E-state index in [4.69, 9.17) is 4.42 Å². The Morgan fingerprint density at radius 1 is 0.968 bits per heavy atom. The summed E-state index contributed by atoms with van der Waals surface area (Å²) in [4.78, 5) is 29.7. The van der Waals surface area contributed by atoms with Crippen molar-refractivity contribution in [2.75, 3.05) is 11.1 Å². The van der Waals surface area contributed by atoms with Crippen molar-refractivity contribution in [1.82, 2.24) is 10.3 Å². The van der Waals surface area contributed by atoms with Crippen molar-refractivity contribution < 1.29 is 14.0 Å². The fourth-order valence-electron chi connectivity index (χ4n) is 3.12. The van der Waals surface area contributed by atoms with E-state index in [9.17, 15) is 9.59 Å². The third-order valence-electron chi connectivity index (χ3n) is 4.69. The number of aromatic nitrogens is 1. The Balaban J connectivity index is 1.39. The smallest absolute Gasteiger partial charge is 0.257 e. The van der Waals surface area contributed by atoms with Crippen LogP contribution in [-0.4, -0.2) is 22.6 Å². The van der Waals surface area contributed by atoms with Crippen LogP contribution < -0.4 is 10.6 Å². The van der Waals surface area contributed by atoms with Gasteiger partial charge in [-0.2, -0.15) is 0 Å². The zero-order valence-electron chi connectivity index (χ0n) is 16.9. The number of carbonyl (C=O) groups is 2. The summed E-state index contributed by atoms with van der Waals surface area (Å²) in [7, 11) is 0. The largest absolute Gasteiger partial charge is 0.431 e. The van der Waals surface area contributed by atoms with Crippen LogP contribution in [0.25, 0.3) is 11.1 Å². The molecule has 1 atom stereocenters. The highest BCUT2D eigenvalue weighted by Gasteiger charge is 2.16. The number of thioether (sulfide) groups is 1. The molecule has 0 unspecified atom stereocenters. The van der Waals surface area contributed by atoms with E-state index in [0.29, 0.717) is 22.1 Å². The maximum absolute atomic E-state index is 12.8. The number of hydrogen-bond donors (Lipinski definition) is 2. The summed E-state index contributed by atoms with van der Waals surface area (Å²) in [6, 6.07) is 23.9. The highest BCUT2D eigenvalue weighted by atomic mass is 32.2. The second-order valence-electron chi connectivity index (χ2n) is 6.94. The molecule has 0 fully saturated rings. The Bertz CT molecular complexity index is 1170. The first-order valence-corrected chi connectivity index (χ1v) is 10.8. The maximum Gasteiger partial charge on any atom is 0.257 e. The topological polar surface area (TPSA) is 84.2 Å². The van der Waals surface area contributed by atoms with Gasteiger partial charge in [0, 0.05) is 0 Å². The predicted octanol–water partition coefficient (Wildman–Crippen LogP) is 5.05. The molecule has 1 aromatic heterocycles. The summed E-state index contributed by atoms with van der Waals surface area (Å²) < 4.78 is 5.62. The third kappa shape index (κ3) is 5.13. The summed E-state index contributed by atoms with van der Waals surface area (Å²) in [6.07, 6.45) is 0. The molecular formula is C24H21N3O3S. The first-order chi connectivity index (χ1) is 15.1. The molecule has 1 heterocycles. The van der Waals surface area contributed by atoms with E-state index in [-0.39, 0.29) is 23.6 Å². The van der Waals surface area contributed by atoms with Crippen LogP contribution in [0, 0.1) is 0 Å². The summed E-state index contributed by atoms with van der Waals surface area (Å²) in [5, 5.41) is 6.23. The van der Waals surface area contributed by atoms with Crippen LogP contribution in [0.5, 0.6) is 0 Å². The van der Waals surface area contributed by atoms with Gasteiger partial charge in [0.25, 0.3) is 11.1 Å². The molecule has 0 radical (unpaired) electrons. The lowest BCUT2D eigenvalue weighted by Crippen LogP contribution is -2.28. The van der Waals surface area contributed by atoms with Gasteiger partial charge >= 0.3 is 0 Å². The lowest BCUT2D eigenvalue weighted by Gasteiger charge is -2.16. The second-order valence-corrected chi connectivity index (χ2v) is 7.86. The van der Waals surface area contributed by atoms with Crippen LogP contribution in [0.2, 0.25) is 0 Å². The maximum atomic E-state index is 12.8. The zero-order chi connectivity index (χ0) is 21.6. The minimum Gasteiger partial charge on any atom is -0.431 e. The van der Waals surface area contributed by atoms with E-state index in [2.05, 4.69) is 15.6 Å². The number of carbonyl (C=O) groups excluding carboxylic acids is 2. The van der Waals surface area contributed by atoms with Gasteiger partial charge in [0.05, 0.1) is 23.0 Å². The molecule has 156 valence electrons. The van der Waals surface area contributed by atoms with Crippen molar-refractivity contribution in [2.24, 2.45) is 0 Å². The van der Waals surface area contributed by atoms with Crippen LogP contribution in [0.4, 0.5) is 5.69 Å². The van der Waals surface area contributed by atoms with Crippen molar-refractivity contribution in [3.63, 3.8) is 0 Å². The number of nitrogens with one attached hydrogen (secondary N) is 2. The molecule has 4 rings (SSSR count). The lowest BCUT2D eigenvalue weighted by atomic mass is 10.1. The van der Waals surface area contributed by atoms with Crippen LogP contribution >= 0.6 is 11.8 Å². The van der Waals surface area contributed by atoms with E-state index < -0.39 is 0 Å². The SMILES string of the molecule is C[C@@H](NC(=O)c1ccccc1NC(=O)CSc1nc2ccccc2o1)c1ccccc1. The lowest BCUT2D eigenvalue weighted by molar-refractivity contribution is -0.113. The number of benzene rings is 3. The molecule has 0 aliphatic heterocycles. The average Bonchev–Trinajstić information content (AvgIpc) is 3.22. The standard InChI is InChI=1S/C24H21N3O3S/c1-16(17-9-3-2-4-10-17)25-23(29)18-11-5-6-12-19(18)26-22(28)15-31-24-27-20-13-7-8-14-21(20)30-24/h2-14,16H,15H2,1H3,(H,25,29)(H,26,28)/t16-/m1/s1. The zero-order valence-corrected chi connectivity index (χ0v) is 17.7. The van der Waals surface area contributed by atoms with Gasteiger partial charge < -0.3 is 15.1 Å². The van der Waals surface area contributed by atoms with Crippen LogP contribution in [0.3, 0.4) is 0 Å². The van der Waals surface area contributed by atoms with Crippen molar-refractivity contribution in [1.29, 1.82) is 0 Å². The van der Waals surface area contributed by atoms with E-state index in [1.165, 1.54) is 11.8 Å². The van der Waals surface area contributed by atoms with Gasteiger partial charge in [-0.25, -0.2) is 4.98 Å². The molecule has 2 amide bonds. The van der Waals surface area contributed by atoms with Gasteiger partial charge in [-0.15, -0.1) is 0 Å². The summed E-state index contributed by atoms with van der Waals surface area (Å²) in [5.74, 6) is -0.383. The van der Waals surface area contributed by atoms with Gasteiger partial charge in [0.15, 0.2) is 5.58 Å². The monoisotopic (exact) mass is 431 g/mol. The van der Waals surface area contributed by atoms with Crippen molar-refractivity contribution >= 4 is 40.4 Å². The van der Waals surface area contributed by atoms with E-state index in [1.54, 1.807) is 24.3 Å². The van der Waals surface area contributed by atoms with Gasteiger partial charge in [0.1, 0.15) is 5.52 Å². The van der Waals surface area contributed by atoms with Crippen LogP contribution in [-0.2, 0) is 4.79 Å². The Hall–Kier alpha value is -3.58. The number of rotatable bonds is 7. The Morgan fingerprint density at radius 3 is 2.48 bits per heavy atom. The molecule has 3 aromatic carbocycles. The summed E-state index contributed by atoms with van der Waals surface area (Å²) in [6.45, 7) is 1.92. The molecule has 6 nitrogen and oxygen atoms in total. The Kier molecular flexibility index (Phi) is 6.33. The Labute approximate surface area is 184 Å². The summed E-state index contributed by atoms with van der Waals surface area (Å²) in [5.41, 5.74) is 3.31. The number of oxazole rings is 1. The highest BCUT2D eigenvalue weighted by molar-refractivity contribution is 7.99. The third-order valence-corrected chi connectivity index (χ3v) is 5.52. The number of para-hydroxylation sites is 3. The van der Waals surface area contributed by atoms with Gasteiger partial charge in [-0.3, -0.25) is 9.59 Å². The molecule has 0 aliphatic rings. The van der Waals surface area contributed by atoms with E-state index in [0.717, 1.165) is 11.1 Å². The van der Waals surface area contributed by atoms with Gasteiger partial charge in [-0.05, 0) is 36.8 Å². The minimum atomic E-state index is -0.251. The summed E-state index contributed by atoms with van der Waals surface area (Å²) >= 11 is 1.21. The highest BCUT2D eigenvalue weighted by Crippen LogP contribution is 2.24. The molecule has 0 spiro atoms. The molecule has 2 N–H and O–H groups in total. The van der Waals surface area contributed by atoms with Crippen LogP contribution in [0.1, 0.15) is 28.9 Å². The number of fused-ring (bicyclic) bond motifs is 1. The number of hydrogen-bond acceptors (Lipinski definition) is 5. The first-order valence-electron chi connectivity index (χ1n) is 9.83. The van der Waals surface area contributed by atoms with Crippen LogP contribution in [0.15, 0.2) is 88.5 Å². The molecule has 0 aliphatic carbocycles. The first kappa shape index (κ1) is 20.7. The minimum absolute atomic E-state index is 0.114. The fourth-order valence-corrected chi connectivity index (χ4v) is 3.75. The van der Waals surface area contributed by atoms with Crippen molar-refractivity contribution in [2.45, 2.75) is 18.2 Å². The number of amides is 2. The van der Waals surface area contributed by atoms with E-state index >= 15 is 0 Å².